The van der Waals surface area contributed by atoms with E-state index in [9.17, 15) is 0 Å². The Balaban J connectivity index is 1.35. The van der Waals surface area contributed by atoms with Gasteiger partial charge in [0.1, 0.15) is 0 Å². The van der Waals surface area contributed by atoms with Crippen molar-refractivity contribution in [3.05, 3.63) is 78.0 Å². The number of hydrogen-bond acceptors (Lipinski definition) is 7. The van der Waals surface area contributed by atoms with Crippen molar-refractivity contribution in [1.82, 2.24) is 19.5 Å². The first kappa shape index (κ1) is 23.1. The Bertz CT molecular complexity index is 1360. The number of fused-ring (bicyclic) bond motifs is 1. The monoisotopic (exact) mass is 483 g/mol. The van der Waals surface area contributed by atoms with E-state index in [4.69, 9.17) is 4.98 Å². The van der Waals surface area contributed by atoms with Crippen LogP contribution in [-0.2, 0) is 0 Å². The summed E-state index contributed by atoms with van der Waals surface area (Å²) in [7, 11) is 4.21. The van der Waals surface area contributed by atoms with Crippen molar-refractivity contribution in [2.24, 2.45) is 0 Å². The van der Waals surface area contributed by atoms with Crippen molar-refractivity contribution in [3.63, 3.8) is 0 Å². The van der Waals surface area contributed by atoms with Crippen LogP contribution < -0.4 is 14.5 Å². The molecule has 1 saturated heterocycles. The third-order valence-electron chi connectivity index (χ3n) is 6.20. The first-order valence-electron chi connectivity index (χ1n) is 11.7. The smallest absolute Gasteiger partial charge is 0.247 e. The summed E-state index contributed by atoms with van der Waals surface area (Å²) < 4.78 is 3.88. The molecule has 0 spiro atoms. The number of nitrogens with one attached hydrogen (secondary N) is 1. The summed E-state index contributed by atoms with van der Waals surface area (Å²) in [5.41, 5.74) is 5.83. The Hall–Kier alpha value is -3.67. The van der Waals surface area contributed by atoms with Gasteiger partial charge in [0.25, 0.3) is 0 Å². The van der Waals surface area contributed by atoms with Crippen molar-refractivity contribution in [2.45, 2.75) is 0 Å². The maximum atomic E-state index is 4.72. The molecule has 8 heteroatoms. The average molecular weight is 484 g/mol. The van der Waals surface area contributed by atoms with Crippen LogP contribution >= 0.6 is 11.9 Å². The van der Waals surface area contributed by atoms with E-state index in [1.807, 2.05) is 43.6 Å². The van der Waals surface area contributed by atoms with Gasteiger partial charge in [0.05, 0.1) is 11.3 Å². The summed E-state index contributed by atoms with van der Waals surface area (Å²) in [6.45, 7) is 4.30. The van der Waals surface area contributed by atoms with Gasteiger partial charge in [-0.3, -0.25) is 0 Å². The Kier molecular flexibility index (Phi) is 6.80. The molecule has 4 aromatic rings. The van der Waals surface area contributed by atoms with Gasteiger partial charge >= 0.3 is 0 Å². The zero-order valence-corrected chi connectivity index (χ0v) is 21.1. The quantitative estimate of drug-likeness (QED) is 0.335. The second kappa shape index (κ2) is 10.3. The summed E-state index contributed by atoms with van der Waals surface area (Å²) in [5.74, 6) is 7.17. The van der Waals surface area contributed by atoms with Gasteiger partial charge in [-0.1, -0.05) is 35.9 Å². The molecule has 0 unspecified atom stereocenters. The van der Waals surface area contributed by atoms with Crippen molar-refractivity contribution < 1.29 is 0 Å². The number of pyridine rings is 1. The number of para-hydroxylation sites is 1. The summed E-state index contributed by atoms with van der Waals surface area (Å²) in [6, 6.07) is 20.6. The van der Waals surface area contributed by atoms with Gasteiger partial charge in [0.2, 0.25) is 5.95 Å². The standard InChI is InChI=1S/C27H29N7S/c1-31-17-19-33(20-18-31)24-14-12-23(13-15-24)28-27-29-26-22(8-6-16-34(26)30-27)11-10-21-7-4-5-9-25(21)32(2)35-3/h4-9,12-16H,17-20H2,1-3H3,(H,28,30). The number of rotatable bonds is 5. The van der Waals surface area contributed by atoms with Crippen LogP contribution in [0.25, 0.3) is 5.65 Å². The van der Waals surface area contributed by atoms with Crippen LogP contribution in [0, 0.1) is 11.8 Å². The van der Waals surface area contributed by atoms with Crippen molar-refractivity contribution in [1.29, 1.82) is 0 Å². The lowest BCUT2D eigenvalue weighted by molar-refractivity contribution is 0.313. The molecule has 2 aromatic heterocycles. The van der Waals surface area contributed by atoms with E-state index in [2.05, 4.69) is 80.0 Å². The van der Waals surface area contributed by atoms with Gasteiger partial charge in [0.15, 0.2) is 5.65 Å². The molecule has 5 rings (SSSR count). The second-order valence-corrected chi connectivity index (χ2v) is 9.45. The molecule has 1 N–H and O–H groups in total. The average Bonchev–Trinajstić information content (AvgIpc) is 3.31. The minimum Gasteiger partial charge on any atom is -0.369 e. The van der Waals surface area contributed by atoms with Crippen LogP contribution in [-0.4, -0.2) is 66.0 Å². The lowest BCUT2D eigenvalue weighted by Crippen LogP contribution is -2.44. The van der Waals surface area contributed by atoms with Gasteiger partial charge < -0.3 is 19.4 Å². The predicted octanol–water partition coefficient (Wildman–Crippen LogP) is 4.34. The summed E-state index contributed by atoms with van der Waals surface area (Å²) in [6.07, 6.45) is 3.94. The molecule has 1 aliphatic rings. The number of aromatic nitrogens is 3. The number of hydrogen-bond donors (Lipinski definition) is 1. The molecule has 178 valence electrons. The molecule has 0 atom stereocenters. The molecular weight excluding hydrogens is 454 g/mol. The zero-order chi connectivity index (χ0) is 24.2. The van der Waals surface area contributed by atoms with Crippen LogP contribution in [0.2, 0.25) is 0 Å². The van der Waals surface area contributed by atoms with E-state index in [0.717, 1.165) is 54.3 Å². The highest BCUT2D eigenvalue weighted by Crippen LogP contribution is 2.24. The van der Waals surface area contributed by atoms with E-state index in [-0.39, 0.29) is 0 Å². The Labute approximate surface area is 210 Å². The molecule has 0 aliphatic carbocycles. The first-order chi connectivity index (χ1) is 17.1. The van der Waals surface area contributed by atoms with E-state index < -0.39 is 0 Å². The number of piperazine rings is 1. The Morgan fingerprint density at radius 1 is 0.914 bits per heavy atom. The predicted molar refractivity (Wildman–Crippen MR) is 147 cm³/mol. The van der Waals surface area contributed by atoms with Crippen LogP contribution in [0.1, 0.15) is 11.1 Å². The number of anilines is 4. The molecule has 1 aliphatic heterocycles. The molecule has 7 nitrogen and oxygen atoms in total. The van der Waals surface area contributed by atoms with Crippen LogP contribution in [0.4, 0.5) is 23.0 Å². The topological polar surface area (TPSA) is 51.9 Å². The van der Waals surface area contributed by atoms with E-state index in [0.29, 0.717) is 5.95 Å². The van der Waals surface area contributed by atoms with Crippen LogP contribution in [0.5, 0.6) is 0 Å². The fraction of sp³-hybridized carbons (Fsp3) is 0.259. The minimum absolute atomic E-state index is 0.550. The molecule has 0 radical (unpaired) electrons. The Morgan fingerprint density at radius 3 is 2.40 bits per heavy atom. The van der Waals surface area contributed by atoms with Gasteiger partial charge in [-0.05, 0) is 55.6 Å². The Morgan fingerprint density at radius 2 is 1.63 bits per heavy atom. The summed E-state index contributed by atoms with van der Waals surface area (Å²) >= 11 is 1.66. The molecule has 2 aromatic carbocycles. The molecule has 1 fully saturated rings. The molecule has 0 amide bonds. The molecule has 3 heterocycles. The van der Waals surface area contributed by atoms with Gasteiger partial charge in [-0.15, -0.1) is 5.10 Å². The van der Waals surface area contributed by atoms with E-state index in [1.165, 1.54) is 5.69 Å². The number of benzene rings is 2. The van der Waals surface area contributed by atoms with Gasteiger partial charge in [-0.2, -0.15) is 4.98 Å². The fourth-order valence-electron chi connectivity index (χ4n) is 4.09. The van der Waals surface area contributed by atoms with Crippen molar-refractivity contribution in [3.8, 4) is 11.8 Å². The highest BCUT2D eigenvalue weighted by molar-refractivity contribution is 7.99. The highest BCUT2D eigenvalue weighted by Gasteiger charge is 2.14. The molecule has 35 heavy (non-hydrogen) atoms. The molecule has 0 bridgehead atoms. The van der Waals surface area contributed by atoms with Crippen LogP contribution in [0.15, 0.2) is 66.9 Å². The third-order valence-corrected chi connectivity index (χ3v) is 6.95. The van der Waals surface area contributed by atoms with Crippen LogP contribution in [0.3, 0.4) is 0 Å². The SMILES string of the molecule is CSN(C)c1ccccc1C#Cc1cccn2nc(Nc3ccc(N4CCN(C)CC4)cc3)nc12. The lowest BCUT2D eigenvalue weighted by Gasteiger charge is -2.34. The maximum absolute atomic E-state index is 4.72. The highest BCUT2D eigenvalue weighted by atomic mass is 32.2. The normalized spacial score (nSPS) is 14.0. The lowest BCUT2D eigenvalue weighted by atomic mass is 10.1. The maximum Gasteiger partial charge on any atom is 0.247 e. The minimum atomic E-state index is 0.550. The number of likely N-dealkylation sites (N-methyl/N-ethyl adjacent to an activating group) is 1. The molecule has 0 saturated carbocycles. The van der Waals surface area contributed by atoms with Gasteiger partial charge in [0, 0.05) is 62.6 Å². The van der Waals surface area contributed by atoms with E-state index >= 15 is 0 Å². The second-order valence-electron chi connectivity index (χ2n) is 8.53. The molecular formula is C27H29N7S. The first-order valence-corrected chi connectivity index (χ1v) is 12.8. The van der Waals surface area contributed by atoms with Crippen molar-refractivity contribution in [2.75, 3.05) is 61.1 Å². The number of nitrogens with zero attached hydrogens (tertiary/aromatic N) is 6. The zero-order valence-electron chi connectivity index (χ0n) is 20.3. The largest absolute Gasteiger partial charge is 0.369 e. The van der Waals surface area contributed by atoms with Gasteiger partial charge in [-0.25, -0.2) is 4.52 Å². The summed E-state index contributed by atoms with van der Waals surface area (Å²) in [5, 5.41) is 7.94. The third kappa shape index (κ3) is 5.21. The fourth-order valence-corrected chi connectivity index (χ4v) is 4.45. The van der Waals surface area contributed by atoms with Crippen molar-refractivity contribution >= 4 is 40.6 Å². The van der Waals surface area contributed by atoms with E-state index in [1.54, 1.807) is 16.5 Å². The summed E-state index contributed by atoms with van der Waals surface area (Å²) in [4.78, 5) is 9.51.